The van der Waals surface area contributed by atoms with Crippen molar-refractivity contribution in [3.63, 3.8) is 0 Å². The molecular weight excluding hydrogens is 395 g/mol. The van der Waals surface area contributed by atoms with Crippen LogP contribution in [-0.4, -0.2) is 0 Å². The van der Waals surface area contributed by atoms with Crippen LogP contribution in [0.3, 0.4) is 0 Å². The lowest BCUT2D eigenvalue weighted by atomic mass is 9.73. The first-order chi connectivity index (χ1) is 14.3. The molecule has 154 valence electrons. The number of rotatable bonds is 1. The smallest absolute Gasteiger partial charge is 0.206 e. The summed E-state index contributed by atoms with van der Waals surface area (Å²) in [5, 5.41) is 2.31. The highest BCUT2D eigenvalue weighted by molar-refractivity contribution is 5.87. The summed E-state index contributed by atoms with van der Waals surface area (Å²) in [6.07, 6.45) is -2.33. The van der Waals surface area contributed by atoms with Crippen molar-refractivity contribution in [3.8, 4) is 11.8 Å². The SMILES string of the molecule is CC[C@@H]1CCc2c(ccc3ccccc23)[C@H]1C#Cc1cc(F)c(C(F)(F)F)c(F)c1. The van der Waals surface area contributed by atoms with Gasteiger partial charge >= 0.3 is 6.18 Å². The van der Waals surface area contributed by atoms with Crippen LogP contribution in [0.5, 0.6) is 0 Å². The Morgan fingerprint density at radius 2 is 1.70 bits per heavy atom. The predicted molar refractivity (Wildman–Crippen MR) is 107 cm³/mol. The van der Waals surface area contributed by atoms with Crippen molar-refractivity contribution >= 4 is 10.8 Å². The highest BCUT2D eigenvalue weighted by atomic mass is 19.4. The van der Waals surface area contributed by atoms with Crippen LogP contribution in [0.15, 0.2) is 48.5 Å². The van der Waals surface area contributed by atoms with Gasteiger partial charge < -0.3 is 0 Å². The van der Waals surface area contributed by atoms with E-state index in [1.54, 1.807) is 0 Å². The molecule has 5 heteroatoms. The van der Waals surface area contributed by atoms with Crippen molar-refractivity contribution in [2.24, 2.45) is 5.92 Å². The number of benzene rings is 3. The molecule has 3 aromatic rings. The first-order valence-corrected chi connectivity index (χ1v) is 9.88. The molecule has 4 rings (SSSR count). The van der Waals surface area contributed by atoms with Gasteiger partial charge in [0, 0.05) is 11.5 Å². The summed E-state index contributed by atoms with van der Waals surface area (Å²) in [6, 6.07) is 13.5. The van der Waals surface area contributed by atoms with Gasteiger partial charge in [0.15, 0.2) is 0 Å². The van der Waals surface area contributed by atoms with Crippen LogP contribution < -0.4 is 0 Å². The molecule has 0 spiro atoms. The number of alkyl halides is 3. The third-order valence-electron chi connectivity index (χ3n) is 5.87. The zero-order valence-electron chi connectivity index (χ0n) is 16.3. The highest BCUT2D eigenvalue weighted by Gasteiger charge is 2.38. The Bertz CT molecular complexity index is 1140. The summed E-state index contributed by atoms with van der Waals surface area (Å²) in [5.41, 5.74) is 0.337. The van der Waals surface area contributed by atoms with Crippen molar-refractivity contribution in [2.45, 2.75) is 38.3 Å². The van der Waals surface area contributed by atoms with E-state index in [0.29, 0.717) is 12.1 Å². The monoisotopic (exact) mass is 414 g/mol. The van der Waals surface area contributed by atoms with Crippen LogP contribution >= 0.6 is 0 Å². The lowest BCUT2D eigenvalue weighted by Crippen LogP contribution is -2.19. The van der Waals surface area contributed by atoms with Crippen LogP contribution in [0.25, 0.3) is 10.8 Å². The number of hydrogen-bond donors (Lipinski definition) is 0. The zero-order valence-corrected chi connectivity index (χ0v) is 16.3. The third-order valence-corrected chi connectivity index (χ3v) is 5.87. The fourth-order valence-electron chi connectivity index (χ4n) is 4.39. The maximum absolute atomic E-state index is 13.9. The van der Waals surface area contributed by atoms with E-state index in [-0.39, 0.29) is 17.4 Å². The summed E-state index contributed by atoms with van der Waals surface area (Å²) in [6.45, 7) is 2.07. The predicted octanol–water partition coefficient (Wildman–Crippen LogP) is 7.24. The molecular formula is C25H19F5. The Morgan fingerprint density at radius 3 is 2.37 bits per heavy atom. The second-order valence-electron chi connectivity index (χ2n) is 7.62. The minimum Gasteiger partial charge on any atom is -0.206 e. The number of hydrogen-bond acceptors (Lipinski definition) is 0. The van der Waals surface area contributed by atoms with E-state index >= 15 is 0 Å². The van der Waals surface area contributed by atoms with E-state index in [0.717, 1.165) is 30.2 Å². The molecule has 0 saturated heterocycles. The van der Waals surface area contributed by atoms with Crippen molar-refractivity contribution in [3.05, 3.63) is 82.4 Å². The van der Waals surface area contributed by atoms with Crippen molar-refractivity contribution < 1.29 is 22.0 Å². The molecule has 30 heavy (non-hydrogen) atoms. The van der Waals surface area contributed by atoms with Gasteiger partial charge in [-0.25, -0.2) is 8.78 Å². The van der Waals surface area contributed by atoms with Crippen molar-refractivity contribution in [1.29, 1.82) is 0 Å². The average molecular weight is 414 g/mol. The lowest BCUT2D eigenvalue weighted by molar-refractivity contribution is -0.142. The normalized spacial score (nSPS) is 18.6. The maximum Gasteiger partial charge on any atom is 0.422 e. The maximum atomic E-state index is 13.9. The van der Waals surface area contributed by atoms with E-state index in [4.69, 9.17) is 0 Å². The summed E-state index contributed by atoms with van der Waals surface area (Å²) in [5.74, 6) is 2.68. The van der Waals surface area contributed by atoms with Crippen LogP contribution in [0.4, 0.5) is 22.0 Å². The molecule has 0 N–H and O–H groups in total. The van der Waals surface area contributed by atoms with Gasteiger partial charge in [-0.1, -0.05) is 61.6 Å². The Labute approximate surface area is 171 Å². The molecule has 0 unspecified atom stereocenters. The van der Waals surface area contributed by atoms with Gasteiger partial charge in [-0.15, -0.1) is 0 Å². The molecule has 0 radical (unpaired) electrons. The van der Waals surface area contributed by atoms with Crippen molar-refractivity contribution in [1.82, 2.24) is 0 Å². The van der Waals surface area contributed by atoms with E-state index in [1.165, 1.54) is 10.9 Å². The standard InChI is InChI=1S/C25H19F5/c1-2-16-8-11-20-18-6-4-3-5-17(18)9-12-21(20)19(16)10-7-15-13-22(26)24(23(27)14-15)25(28,29)30/h3-6,9,12-14,16,19H,2,8,11H2,1H3/t16-,19+/m1/s1. The van der Waals surface area contributed by atoms with Crippen LogP contribution in [0, 0.1) is 29.4 Å². The fraction of sp³-hybridized carbons (Fsp3) is 0.280. The second kappa shape index (κ2) is 7.75. The van der Waals surface area contributed by atoms with E-state index in [9.17, 15) is 22.0 Å². The van der Waals surface area contributed by atoms with Gasteiger partial charge in [-0.05, 0) is 52.8 Å². The van der Waals surface area contributed by atoms with Gasteiger partial charge in [0.25, 0.3) is 0 Å². The quantitative estimate of drug-likeness (QED) is 0.291. The largest absolute Gasteiger partial charge is 0.422 e. The summed E-state index contributed by atoms with van der Waals surface area (Å²) in [7, 11) is 0. The fourth-order valence-corrected chi connectivity index (χ4v) is 4.39. The van der Waals surface area contributed by atoms with E-state index in [1.807, 2.05) is 24.3 Å². The van der Waals surface area contributed by atoms with Gasteiger partial charge in [-0.3, -0.25) is 0 Å². The number of halogens is 5. The van der Waals surface area contributed by atoms with Gasteiger partial charge in [-0.2, -0.15) is 13.2 Å². The molecule has 0 bridgehead atoms. The minimum absolute atomic E-state index is 0.0965. The van der Waals surface area contributed by atoms with E-state index < -0.39 is 23.4 Å². The molecule has 0 nitrogen and oxygen atoms in total. The second-order valence-corrected chi connectivity index (χ2v) is 7.62. The molecule has 0 amide bonds. The zero-order chi connectivity index (χ0) is 21.5. The molecule has 0 saturated carbocycles. The molecule has 0 aliphatic heterocycles. The summed E-state index contributed by atoms with van der Waals surface area (Å²) in [4.78, 5) is 0. The Kier molecular flexibility index (Phi) is 5.27. The van der Waals surface area contributed by atoms with Gasteiger partial charge in [0.1, 0.15) is 17.2 Å². The molecule has 0 fully saturated rings. The van der Waals surface area contributed by atoms with Crippen LogP contribution in [0.2, 0.25) is 0 Å². The Balaban J connectivity index is 1.77. The first-order valence-electron chi connectivity index (χ1n) is 9.88. The molecule has 0 aromatic heterocycles. The molecule has 1 aliphatic carbocycles. The molecule has 0 heterocycles. The Morgan fingerprint density at radius 1 is 1.00 bits per heavy atom. The van der Waals surface area contributed by atoms with Gasteiger partial charge in [0.2, 0.25) is 0 Å². The topological polar surface area (TPSA) is 0 Å². The molecule has 3 aromatic carbocycles. The van der Waals surface area contributed by atoms with E-state index in [2.05, 4.69) is 30.9 Å². The summed E-state index contributed by atoms with van der Waals surface area (Å²) < 4.78 is 66.2. The molecule has 2 atom stereocenters. The first kappa shape index (κ1) is 20.4. The number of fused-ring (bicyclic) bond motifs is 3. The van der Waals surface area contributed by atoms with Crippen molar-refractivity contribution in [2.75, 3.05) is 0 Å². The lowest BCUT2D eigenvalue weighted by Gasteiger charge is -2.30. The minimum atomic E-state index is -5.09. The summed E-state index contributed by atoms with van der Waals surface area (Å²) >= 11 is 0. The molecule has 1 aliphatic rings. The highest BCUT2D eigenvalue weighted by Crippen LogP contribution is 2.41. The third kappa shape index (κ3) is 3.67. The number of aryl methyl sites for hydroxylation is 1. The van der Waals surface area contributed by atoms with Gasteiger partial charge in [0.05, 0.1) is 0 Å². The van der Waals surface area contributed by atoms with Crippen LogP contribution in [-0.2, 0) is 12.6 Å². The van der Waals surface area contributed by atoms with Crippen LogP contribution in [0.1, 0.15) is 47.9 Å². The Hall–Kier alpha value is -2.87. The average Bonchev–Trinajstić information content (AvgIpc) is 2.70.